The number of hydrogen-bond donors (Lipinski definition) is 7. The van der Waals surface area contributed by atoms with Gasteiger partial charge in [0.25, 0.3) is 0 Å². The molecule has 7 N–H and O–H groups in total. The summed E-state index contributed by atoms with van der Waals surface area (Å²) in [5, 5.41) is 38.8. The number of nitrogens with one attached hydrogen (secondary N) is 4. The van der Waals surface area contributed by atoms with Crippen LogP contribution in [-0.4, -0.2) is 116 Å². The minimum absolute atomic E-state index is 0.0465. The van der Waals surface area contributed by atoms with Crippen LogP contribution in [0, 0.1) is 28.9 Å². The molecule has 0 aliphatic carbocycles. The third-order valence-corrected chi connectivity index (χ3v) is 11.8. The number of carbonyl (C=O) groups excluding carboxylic acids is 7. The van der Waals surface area contributed by atoms with Crippen LogP contribution < -0.4 is 21.3 Å². The number of aliphatic hydroxyl groups is 1. The molecular weight excluding hydrogens is 927 g/mol. The number of ketones is 2. The van der Waals surface area contributed by atoms with Gasteiger partial charge in [-0.2, -0.15) is 0 Å². The van der Waals surface area contributed by atoms with E-state index in [1.807, 2.05) is 51.1 Å². The number of aromatic nitrogens is 1. The number of halogens is 2. The van der Waals surface area contributed by atoms with Crippen molar-refractivity contribution in [3.8, 4) is 11.1 Å². The van der Waals surface area contributed by atoms with Gasteiger partial charge in [-0.3, -0.25) is 33.6 Å². The highest BCUT2D eigenvalue weighted by Gasteiger charge is 2.38. The molecule has 20 heteroatoms. The molecule has 0 aliphatic heterocycles. The summed E-state index contributed by atoms with van der Waals surface area (Å²) < 4.78 is 31.7. The number of rotatable bonds is 29. The standard InChI is InChI=1S/C51H68F2N6O12/c1-30(2)37(26-36(62)15-11-12-31(3)61)48(68)55-32(4)47(67)57-40(49(69)54-22-20-43(63)56-41(50(70)71)18-19-45(65)66)21-23-59(44(64)29-60)46(51(5,6)7)42-24-34(38-25-35(52)16-17-39(38)53)28-58(42)27-33-13-9-8-10-14-33/h8-10,13-14,16-17,24-25,28,30,32,37,40-41,46,60H,11-12,15,18-23,26-27,29H2,1-7H3,(H,54,69)(H,55,68)(H,56,63)(H,57,67)(H,65,66)(H,70,71)/t32-,37-,40-,41+,46-/m0/s1. The van der Waals surface area contributed by atoms with Gasteiger partial charge in [0.05, 0.1) is 6.04 Å². The Morgan fingerprint density at radius 1 is 0.775 bits per heavy atom. The third-order valence-electron chi connectivity index (χ3n) is 11.8. The zero-order chi connectivity index (χ0) is 53.2. The minimum atomic E-state index is -1.53. The van der Waals surface area contributed by atoms with E-state index in [0.29, 0.717) is 12.1 Å². The first kappa shape index (κ1) is 58.5. The lowest BCUT2D eigenvalue weighted by molar-refractivity contribution is -0.143. The Hall–Kier alpha value is -6.83. The van der Waals surface area contributed by atoms with E-state index >= 15 is 4.39 Å². The number of hydrogen-bond acceptors (Lipinski definition) is 10. The second-order valence-corrected chi connectivity index (χ2v) is 19.1. The lowest BCUT2D eigenvalue weighted by atomic mass is 9.82. The van der Waals surface area contributed by atoms with Crippen LogP contribution in [0.25, 0.3) is 11.1 Å². The van der Waals surface area contributed by atoms with Gasteiger partial charge in [-0.15, -0.1) is 0 Å². The molecule has 0 radical (unpaired) electrons. The fourth-order valence-corrected chi connectivity index (χ4v) is 8.05. The largest absolute Gasteiger partial charge is 0.481 e. The predicted octanol–water partition coefficient (Wildman–Crippen LogP) is 4.70. The van der Waals surface area contributed by atoms with E-state index in [-0.39, 0.29) is 73.9 Å². The zero-order valence-corrected chi connectivity index (χ0v) is 41.4. The highest BCUT2D eigenvalue weighted by Crippen LogP contribution is 2.41. The molecule has 0 bridgehead atoms. The summed E-state index contributed by atoms with van der Waals surface area (Å²) in [7, 11) is 0. The van der Waals surface area contributed by atoms with Gasteiger partial charge in [0.2, 0.25) is 29.5 Å². The monoisotopic (exact) mass is 994 g/mol. The van der Waals surface area contributed by atoms with Gasteiger partial charge >= 0.3 is 11.9 Å². The predicted molar refractivity (Wildman–Crippen MR) is 257 cm³/mol. The maximum atomic E-state index is 15.3. The van der Waals surface area contributed by atoms with Crippen LogP contribution in [0.3, 0.4) is 0 Å². The second kappa shape index (κ2) is 27.5. The molecule has 0 fully saturated rings. The molecule has 3 rings (SSSR count). The van der Waals surface area contributed by atoms with Crippen molar-refractivity contribution in [1.29, 1.82) is 0 Å². The Balaban J connectivity index is 2.01. The molecule has 18 nitrogen and oxygen atoms in total. The molecule has 0 unspecified atom stereocenters. The maximum absolute atomic E-state index is 15.3. The summed E-state index contributed by atoms with van der Waals surface area (Å²) in [6.07, 6.45) is 0.390. The van der Waals surface area contributed by atoms with Crippen molar-refractivity contribution in [1.82, 2.24) is 30.7 Å². The van der Waals surface area contributed by atoms with Crippen LogP contribution in [-0.2, 0) is 49.7 Å². The Morgan fingerprint density at radius 3 is 2.04 bits per heavy atom. The molecule has 388 valence electrons. The van der Waals surface area contributed by atoms with Crippen molar-refractivity contribution < 1.29 is 67.3 Å². The lowest BCUT2D eigenvalue weighted by Crippen LogP contribution is -2.55. The van der Waals surface area contributed by atoms with Crippen LogP contribution in [0.5, 0.6) is 0 Å². The number of aliphatic carboxylic acids is 2. The van der Waals surface area contributed by atoms with Crippen LogP contribution >= 0.6 is 0 Å². The number of carbonyl (C=O) groups is 9. The SMILES string of the molecule is CC(=O)CCCC(=O)C[C@H](C(=O)N[C@@H](C)C(=O)N[C@@H](CCN(C(=O)CO)[C@@H](c1cc(-c2cc(F)ccc2F)cn1Cc1ccccc1)C(C)(C)C)C(=O)NCCC(=O)N[C@H](CCC(=O)O)C(=O)O)C(C)C. The van der Waals surface area contributed by atoms with E-state index in [1.165, 1.54) is 18.7 Å². The molecule has 2 aromatic carbocycles. The Kier molecular flexibility index (Phi) is 22.7. The first-order chi connectivity index (χ1) is 33.3. The summed E-state index contributed by atoms with van der Waals surface area (Å²) in [6, 6.07) is 8.63. The molecule has 1 aromatic heterocycles. The maximum Gasteiger partial charge on any atom is 0.326 e. The van der Waals surface area contributed by atoms with E-state index in [4.69, 9.17) is 5.11 Å². The molecular formula is C51H68F2N6O12. The Morgan fingerprint density at radius 2 is 1.45 bits per heavy atom. The van der Waals surface area contributed by atoms with E-state index in [1.54, 1.807) is 30.7 Å². The first-order valence-electron chi connectivity index (χ1n) is 23.6. The lowest BCUT2D eigenvalue weighted by Gasteiger charge is -2.41. The number of aliphatic hydroxyl groups excluding tert-OH is 1. The van der Waals surface area contributed by atoms with E-state index in [2.05, 4.69) is 21.3 Å². The smallest absolute Gasteiger partial charge is 0.326 e. The number of carboxylic acids is 2. The highest BCUT2D eigenvalue weighted by atomic mass is 19.1. The van der Waals surface area contributed by atoms with Gasteiger partial charge < -0.3 is 50.8 Å². The summed E-state index contributed by atoms with van der Waals surface area (Å²) in [5.74, 6) is -9.54. The van der Waals surface area contributed by atoms with E-state index in [0.717, 1.165) is 23.8 Å². The molecule has 0 aliphatic rings. The zero-order valence-electron chi connectivity index (χ0n) is 41.4. The van der Waals surface area contributed by atoms with Crippen molar-refractivity contribution in [3.05, 3.63) is 83.7 Å². The van der Waals surface area contributed by atoms with Crippen LogP contribution in [0.1, 0.15) is 117 Å². The number of amides is 5. The van der Waals surface area contributed by atoms with Crippen LogP contribution in [0.4, 0.5) is 8.78 Å². The van der Waals surface area contributed by atoms with Crippen molar-refractivity contribution >= 4 is 53.0 Å². The van der Waals surface area contributed by atoms with Crippen LogP contribution in [0.2, 0.25) is 0 Å². The molecule has 71 heavy (non-hydrogen) atoms. The quantitative estimate of drug-likeness (QED) is 0.0499. The topological polar surface area (TPSA) is 271 Å². The number of nitrogens with zero attached hydrogens (tertiary/aromatic N) is 2. The second-order valence-electron chi connectivity index (χ2n) is 19.1. The molecule has 3 aromatic rings. The van der Waals surface area contributed by atoms with Gasteiger partial charge in [-0.25, -0.2) is 13.6 Å². The molecule has 1 heterocycles. The molecule has 0 spiro atoms. The number of Topliss-reactive ketones (excluding diaryl/α,β-unsaturated/α-hetero) is 2. The number of carboxylic acid groups (broad SMARTS) is 2. The van der Waals surface area contributed by atoms with Gasteiger partial charge in [0.15, 0.2) is 0 Å². The van der Waals surface area contributed by atoms with Crippen molar-refractivity contribution in [2.45, 2.75) is 131 Å². The summed E-state index contributed by atoms with van der Waals surface area (Å²) in [6.45, 7) is 10.2. The van der Waals surface area contributed by atoms with E-state index in [9.17, 15) is 57.8 Å². The Labute approximate surface area is 412 Å². The van der Waals surface area contributed by atoms with Crippen molar-refractivity contribution in [3.63, 3.8) is 0 Å². The summed E-state index contributed by atoms with van der Waals surface area (Å²) in [5.41, 5.74) is 0.663. The Bertz CT molecular complexity index is 2370. The molecule has 0 saturated carbocycles. The summed E-state index contributed by atoms with van der Waals surface area (Å²) >= 11 is 0. The molecule has 0 saturated heterocycles. The minimum Gasteiger partial charge on any atom is -0.481 e. The van der Waals surface area contributed by atoms with Gasteiger partial charge in [0, 0.05) is 80.7 Å². The average molecular weight is 995 g/mol. The molecule has 5 amide bonds. The van der Waals surface area contributed by atoms with Gasteiger partial charge in [-0.1, -0.05) is 65.0 Å². The van der Waals surface area contributed by atoms with Crippen molar-refractivity contribution in [2.75, 3.05) is 19.7 Å². The van der Waals surface area contributed by atoms with Crippen molar-refractivity contribution in [2.24, 2.45) is 17.3 Å². The van der Waals surface area contributed by atoms with E-state index < -0.39 is 114 Å². The third kappa shape index (κ3) is 18.8. The fourth-order valence-electron chi connectivity index (χ4n) is 8.05. The molecule has 5 atom stereocenters. The van der Waals surface area contributed by atoms with Gasteiger partial charge in [-0.05, 0) is 74.3 Å². The summed E-state index contributed by atoms with van der Waals surface area (Å²) in [4.78, 5) is 116. The van der Waals surface area contributed by atoms with Crippen LogP contribution in [0.15, 0.2) is 60.8 Å². The normalized spacial score (nSPS) is 13.5. The fraction of sp³-hybridized carbons (Fsp3) is 0.510. The number of benzene rings is 2. The highest BCUT2D eigenvalue weighted by molar-refractivity contribution is 5.94. The average Bonchev–Trinajstić information content (AvgIpc) is 3.69. The first-order valence-corrected chi connectivity index (χ1v) is 23.6. The van der Waals surface area contributed by atoms with Gasteiger partial charge in [0.1, 0.15) is 47.9 Å².